The fraction of sp³-hybridized carbons (Fsp3) is 0.385. The van der Waals surface area contributed by atoms with Crippen molar-refractivity contribution in [2.75, 3.05) is 12.9 Å². The summed E-state index contributed by atoms with van der Waals surface area (Å²) in [5, 5.41) is 21.5. The number of β-lactam (4-membered cyclic amide) rings is 1. The van der Waals surface area contributed by atoms with Crippen LogP contribution in [0.5, 0.6) is 5.75 Å². The number of benzene rings is 1. The Kier molecular flexibility index (Phi) is 6.74. The van der Waals surface area contributed by atoms with E-state index < -0.39 is 41.5 Å². The molecule has 5 rings (SSSR count). The van der Waals surface area contributed by atoms with E-state index in [4.69, 9.17) is 9.47 Å². The predicted molar refractivity (Wildman–Crippen MR) is 141 cm³/mol. The standard InChI is InChI=1S/C26H27N3O7S2/c1-13-5-7-15(8-6-13)36-25(34)35-10-9-26(3)18(16-11-28-12-27-21(37-4)23(28)38-16)19(24(32)33)29-20(26)17(14(2)30)22(29)31/h5-8,11-12,14,17,20,30H,9-10H2,1-4H3,(H,32,33)/t14?,17-,20-,26+/m1/s1. The average molecular weight is 558 g/mol. The summed E-state index contributed by atoms with van der Waals surface area (Å²) in [5.41, 5.74) is 0.461. The number of imidazole rings is 1. The van der Waals surface area contributed by atoms with E-state index in [1.165, 1.54) is 34.9 Å². The minimum atomic E-state index is -1.23. The van der Waals surface area contributed by atoms with Gasteiger partial charge in [-0.3, -0.25) is 9.20 Å². The number of carbonyl (C=O) groups is 3. The molecule has 1 amide bonds. The SMILES string of the molecule is CSc1ncn2cc(C3=C(C(=O)O)N4C(=O)[C@H](C(C)O)[C@@H]4[C@@]3(C)CCOC(=O)Oc3ccc(C)cc3)sc12. The first-order chi connectivity index (χ1) is 18.1. The number of fused-ring (bicyclic) bond motifs is 2. The maximum atomic E-state index is 13.0. The smallest absolute Gasteiger partial charge is 0.477 e. The van der Waals surface area contributed by atoms with Gasteiger partial charge < -0.3 is 24.6 Å². The first-order valence-electron chi connectivity index (χ1n) is 12.0. The van der Waals surface area contributed by atoms with Crippen molar-refractivity contribution in [2.45, 2.75) is 44.4 Å². The van der Waals surface area contributed by atoms with Crippen LogP contribution < -0.4 is 4.74 Å². The third kappa shape index (κ3) is 4.16. The van der Waals surface area contributed by atoms with E-state index in [0.717, 1.165) is 15.4 Å². The number of aliphatic hydroxyl groups is 1. The maximum absolute atomic E-state index is 13.0. The van der Waals surface area contributed by atoms with Gasteiger partial charge in [0.05, 0.1) is 29.5 Å². The molecule has 0 saturated carbocycles. The number of thiazole rings is 1. The van der Waals surface area contributed by atoms with Gasteiger partial charge in [0.2, 0.25) is 5.91 Å². The minimum absolute atomic E-state index is 0.0788. The fourth-order valence-corrected chi connectivity index (χ4v) is 7.40. The number of aliphatic carboxylic acids is 1. The molecule has 200 valence electrons. The number of aryl methyl sites for hydroxylation is 1. The number of hydrogen-bond acceptors (Lipinski definition) is 9. The van der Waals surface area contributed by atoms with Crippen LogP contribution in [-0.2, 0) is 14.3 Å². The molecule has 12 heteroatoms. The van der Waals surface area contributed by atoms with E-state index >= 15 is 0 Å². The summed E-state index contributed by atoms with van der Waals surface area (Å²) in [6.45, 7) is 5.23. The van der Waals surface area contributed by atoms with Gasteiger partial charge in [-0.25, -0.2) is 14.6 Å². The Morgan fingerprint density at radius 1 is 1.29 bits per heavy atom. The fourth-order valence-electron chi connectivity index (χ4n) is 5.44. The van der Waals surface area contributed by atoms with Gasteiger partial charge in [-0.15, -0.1) is 23.1 Å². The van der Waals surface area contributed by atoms with Crippen molar-refractivity contribution in [3.63, 3.8) is 0 Å². The van der Waals surface area contributed by atoms with Crippen LogP contribution in [0.1, 0.15) is 30.7 Å². The molecule has 1 unspecified atom stereocenters. The second kappa shape index (κ2) is 9.75. The van der Waals surface area contributed by atoms with Crippen molar-refractivity contribution in [3.05, 3.63) is 52.9 Å². The second-order valence-electron chi connectivity index (χ2n) is 9.69. The molecule has 0 aliphatic carbocycles. The predicted octanol–water partition coefficient (Wildman–Crippen LogP) is 4.06. The normalized spacial score (nSPS) is 23.4. The molecule has 1 fully saturated rings. The Morgan fingerprint density at radius 3 is 2.63 bits per heavy atom. The second-order valence-corrected chi connectivity index (χ2v) is 11.5. The Labute approximate surface area is 226 Å². The monoisotopic (exact) mass is 557 g/mol. The van der Waals surface area contributed by atoms with Crippen molar-refractivity contribution < 1.29 is 34.1 Å². The van der Waals surface area contributed by atoms with E-state index in [1.54, 1.807) is 18.5 Å². The first kappa shape index (κ1) is 26.3. The zero-order valence-corrected chi connectivity index (χ0v) is 22.8. The van der Waals surface area contributed by atoms with Gasteiger partial charge in [-0.2, -0.15) is 0 Å². The Balaban J connectivity index is 1.48. The molecule has 4 heterocycles. The van der Waals surface area contributed by atoms with E-state index in [9.17, 15) is 24.6 Å². The Hall–Kier alpha value is -3.35. The van der Waals surface area contributed by atoms with Crippen LogP contribution in [0, 0.1) is 18.3 Å². The number of ether oxygens (including phenoxy) is 2. The molecule has 0 spiro atoms. The number of hydrogen-bond donors (Lipinski definition) is 2. The summed E-state index contributed by atoms with van der Waals surface area (Å²) in [7, 11) is 0. The number of nitrogens with zero attached hydrogens (tertiary/aromatic N) is 3. The van der Waals surface area contributed by atoms with Gasteiger partial charge in [-0.1, -0.05) is 24.6 Å². The summed E-state index contributed by atoms with van der Waals surface area (Å²) in [6, 6.07) is 6.35. The molecule has 2 aliphatic heterocycles. The molecular weight excluding hydrogens is 530 g/mol. The largest absolute Gasteiger partial charge is 0.513 e. The van der Waals surface area contributed by atoms with Gasteiger partial charge in [0.15, 0.2) is 0 Å². The lowest BCUT2D eigenvalue weighted by molar-refractivity contribution is -0.167. The highest BCUT2D eigenvalue weighted by molar-refractivity contribution is 7.98. The van der Waals surface area contributed by atoms with Crippen LogP contribution >= 0.6 is 23.1 Å². The van der Waals surface area contributed by atoms with Crippen LogP contribution in [0.15, 0.2) is 47.5 Å². The quantitative estimate of drug-likeness (QED) is 0.182. The molecule has 0 bridgehead atoms. The summed E-state index contributed by atoms with van der Waals surface area (Å²) >= 11 is 2.87. The lowest BCUT2D eigenvalue weighted by Crippen LogP contribution is -2.66. The number of rotatable bonds is 8. The van der Waals surface area contributed by atoms with E-state index in [1.807, 2.05) is 42.8 Å². The molecule has 38 heavy (non-hydrogen) atoms. The molecule has 1 aromatic carbocycles. The minimum Gasteiger partial charge on any atom is -0.477 e. The van der Waals surface area contributed by atoms with Gasteiger partial charge in [0, 0.05) is 17.2 Å². The Morgan fingerprint density at radius 2 is 2.00 bits per heavy atom. The Bertz CT molecular complexity index is 1460. The molecule has 1 saturated heterocycles. The topological polar surface area (TPSA) is 131 Å². The average Bonchev–Trinajstić information content (AvgIpc) is 3.49. The number of carbonyl (C=O) groups excluding carboxylic acids is 2. The zero-order chi connectivity index (χ0) is 27.4. The maximum Gasteiger partial charge on any atom is 0.513 e. The van der Waals surface area contributed by atoms with Crippen LogP contribution in [-0.4, -0.2) is 67.5 Å². The van der Waals surface area contributed by atoms with Crippen LogP contribution in [0.3, 0.4) is 0 Å². The number of aromatic nitrogens is 2. The highest BCUT2D eigenvalue weighted by Gasteiger charge is 2.66. The van der Waals surface area contributed by atoms with Crippen molar-refractivity contribution in [2.24, 2.45) is 11.3 Å². The third-order valence-corrected chi connectivity index (χ3v) is 9.19. The van der Waals surface area contributed by atoms with E-state index in [2.05, 4.69) is 4.98 Å². The zero-order valence-electron chi connectivity index (χ0n) is 21.2. The van der Waals surface area contributed by atoms with Crippen molar-refractivity contribution in [3.8, 4) is 5.75 Å². The first-order valence-corrected chi connectivity index (χ1v) is 14.0. The van der Waals surface area contributed by atoms with Crippen molar-refractivity contribution in [1.29, 1.82) is 0 Å². The lowest BCUT2D eigenvalue weighted by Gasteiger charge is -2.50. The van der Waals surface area contributed by atoms with Crippen LogP contribution in [0.2, 0.25) is 0 Å². The highest BCUT2D eigenvalue weighted by atomic mass is 32.2. The molecule has 2 aromatic heterocycles. The molecule has 2 N–H and O–H groups in total. The van der Waals surface area contributed by atoms with Gasteiger partial charge in [-0.05, 0) is 38.7 Å². The van der Waals surface area contributed by atoms with Gasteiger partial charge >= 0.3 is 12.1 Å². The molecular formula is C26H27N3O7S2. The lowest BCUT2D eigenvalue weighted by atomic mass is 9.66. The number of amides is 1. The molecule has 2 aliphatic rings. The summed E-state index contributed by atoms with van der Waals surface area (Å²) in [4.78, 5) is 45.1. The van der Waals surface area contributed by atoms with Crippen molar-refractivity contribution in [1.82, 2.24) is 14.3 Å². The van der Waals surface area contributed by atoms with Gasteiger partial charge in [0.25, 0.3) is 0 Å². The third-order valence-electron chi connectivity index (χ3n) is 7.25. The summed E-state index contributed by atoms with van der Waals surface area (Å²) in [5.74, 6) is -2.09. The number of thioether (sulfide) groups is 1. The van der Waals surface area contributed by atoms with Gasteiger partial charge in [0.1, 0.15) is 27.6 Å². The number of carboxylic acids is 1. The number of aliphatic hydroxyl groups excluding tert-OH is 1. The summed E-state index contributed by atoms with van der Waals surface area (Å²) < 4.78 is 12.5. The molecule has 3 aromatic rings. The summed E-state index contributed by atoms with van der Waals surface area (Å²) in [6.07, 6.45) is 3.74. The molecule has 10 nitrogen and oxygen atoms in total. The van der Waals surface area contributed by atoms with E-state index in [-0.39, 0.29) is 18.7 Å². The molecule has 0 radical (unpaired) electrons. The van der Waals surface area contributed by atoms with E-state index in [0.29, 0.717) is 16.2 Å². The van der Waals surface area contributed by atoms with Crippen LogP contribution in [0.4, 0.5) is 4.79 Å². The number of carboxylic acid groups (broad SMARTS) is 1. The van der Waals surface area contributed by atoms with Crippen LogP contribution in [0.25, 0.3) is 10.4 Å². The highest BCUT2D eigenvalue weighted by Crippen LogP contribution is 2.60. The van der Waals surface area contributed by atoms with Crippen molar-refractivity contribution >= 4 is 51.5 Å². The molecule has 4 atom stereocenters.